The lowest BCUT2D eigenvalue weighted by Gasteiger charge is -2.10. The Labute approximate surface area is 150 Å². The maximum absolute atomic E-state index is 12.9. The summed E-state index contributed by atoms with van der Waals surface area (Å²) in [7, 11) is 0. The molecule has 0 aliphatic heterocycles. The predicted octanol–water partition coefficient (Wildman–Crippen LogP) is 3.35. The summed E-state index contributed by atoms with van der Waals surface area (Å²) in [5, 5.41) is 9.59. The largest absolute Gasteiger partial charge is 0.340 e. The van der Waals surface area contributed by atoms with Gasteiger partial charge >= 0.3 is 0 Å². The zero-order chi connectivity index (χ0) is 18.1. The summed E-state index contributed by atoms with van der Waals surface area (Å²) in [6.45, 7) is 2.10. The number of hydrogen-bond donors (Lipinski definition) is 1. The zero-order valence-corrected chi connectivity index (χ0v) is 14.3. The van der Waals surface area contributed by atoms with Crippen LogP contribution in [0.1, 0.15) is 24.5 Å². The van der Waals surface area contributed by atoms with Crippen LogP contribution in [0.2, 0.25) is 0 Å². The number of carbonyl (C=O) groups excluding carboxylic acids is 1. The Bertz CT molecular complexity index is 1110. The average molecular weight is 343 g/mol. The molecular formula is C20H17N5O. The number of Topliss-reactive ketones (excluding diaryl/α,β-unsaturated/α-hetero) is 1. The summed E-state index contributed by atoms with van der Waals surface area (Å²) < 4.78 is 1.89. The van der Waals surface area contributed by atoms with Crippen LogP contribution in [0.4, 0.5) is 0 Å². The van der Waals surface area contributed by atoms with Crippen molar-refractivity contribution in [1.29, 1.82) is 5.26 Å². The van der Waals surface area contributed by atoms with Crippen LogP contribution < -0.4 is 0 Å². The van der Waals surface area contributed by atoms with E-state index in [0.717, 1.165) is 27.9 Å². The number of nitriles is 1. The molecule has 0 saturated carbocycles. The Balaban J connectivity index is 1.69. The highest BCUT2D eigenvalue weighted by molar-refractivity contribution is 5.90. The van der Waals surface area contributed by atoms with Crippen LogP contribution in [0.15, 0.2) is 48.5 Å². The number of imidazole rings is 2. The van der Waals surface area contributed by atoms with Crippen LogP contribution in [0, 0.1) is 11.3 Å². The lowest BCUT2D eigenvalue weighted by Crippen LogP contribution is -2.20. The number of rotatable bonds is 5. The number of carbonyl (C=O) groups is 1. The molecule has 2 aromatic heterocycles. The second-order valence-electron chi connectivity index (χ2n) is 6.12. The fourth-order valence-electron chi connectivity index (χ4n) is 3.21. The number of aromatic nitrogens is 4. The second-order valence-corrected chi connectivity index (χ2v) is 6.12. The minimum absolute atomic E-state index is 0.0962. The summed E-state index contributed by atoms with van der Waals surface area (Å²) in [6.07, 6.45) is 0.712. The number of H-pyrrole nitrogens is 1. The Morgan fingerprint density at radius 1 is 1.15 bits per heavy atom. The van der Waals surface area contributed by atoms with E-state index in [9.17, 15) is 10.1 Å². The molecule has 2 heterocycles. The van der Waals surface area contributed by atoms with Crippen molar-refractivity contribution in [3.05, 3.63) is 60.2 Å². The van der Waals surface area contributed by atoms with E-state index >= 15 is 0 Å². The molecule has 4 aromatic rings. The molecule has 6 heteroatoms. The van der Waals surface area contributed by atoms with E-state index in [4.69, 9.17) is 0 Å². The third-order valence-electron chi connectivity index (χ3n) is 4.50. The number of aromatic amines is 1. The van der Waals surface area contributed by atoms with Gasteiger partial charge in [0.15, 0.2) is 11.7 Å². The van der Waals surface area contributed by atoms with Crippen LogP contribution >= 0.6 is 0 Å². The molecule has 0 amide bonds. The third kappa shape index (κ3) is 2.64. The van der Waals surface area contributed by atoms with Gasteiger partial charge in [-0.1, -0.05) is 31.2 Å². The zero-order valence-electron chi connectivity index (χ0n) is 14.3. The molecular weight excluding hydrogens is 326 g/mol. The molecule has 0 unspecified atom stereocenters. The normalized spacial score (nSPS) is 12.3. The fourth-order valence-corrected chi connectivity index (χ4v) is 3.21. The monoisotopic (exact) mass is 343 g/mol. The first-order valence-corrected chi connectivity index (χ1v) is 8.52. The lowest BCUT2D eigenvalue weighted by atomic mass is 10.1. The quantitative estimate of drug-likeness (QED) is 0.602. The van der Waals surface area contributed by atoms with Gasteiger partial charge in [-0.15, -0.1) is 0 Å². The lowest BCUT2D eigenvalue weighted by molar-refractivity contribution is -0.120. The van der Waals surface area contributed by atoms with E-state index in [1.165, 1.54) is 0 Å². The van der Waals surface area contributed by atoms with E-state index in [0.29, 0.717) is 12.2 Å². The standard InChI is InChI=1S/C20H17N5O/c1-2-19-22-16-9-5-6-10-17(16)25(19)12-18(26)13(11-21)20-23-14-7-3-4-8-15(14)24-20/h3-10,13H,2,12H2,1H3,(H,23,24)/t13-/m0/s1. The molecule has 0 radical (unpaired) electrons. The van der Waals surface area contributed by atoms with Crippen LogP contribution in [-0.4, -0.2) is 25.3 Å². The maximum atomic E-state index is 12.9. The van der Waals surface area contributed by atoms with Crippen molar-refractivity contribution in [1.82, 2.24) is 19.5 Å². The van der Waals surface area contributed by atoms with Crippen LogP contribution in [0.3, 0.4) is 0 Å². The number of para-hydroxylation sites is 4. The Kier molecular flexibility index (Phi) is 3.98. The molecule has 6 nitrogen and oxygen atoms in total. The SMILES string of the molecule is CCc1nc2ccccc2n1CC(=O)[C@H](C#N)c1nc2ccccc2[nH]1. The molecule has 2 aromatic carbocycles. The first-order valence-electron chi connectivity index (χ1n) is 8.52. The van der Waals surface area contributed by atoms with Crippen molar-refractivity contribution in [3.63, 3.8) is 0 Å². The van der Waals surface area contributed by atoms with E-state index in [1.54, 1.807) is 0 Å². The minimum atomic E-state index is -0.937. The molecule has 0 spiro atoms. The number of nitrogens with zero attached hydrogens (tertiary/aromatic N) is 4. The van der Waals surface area contributed by atoms with Crippen molar-refractivity contribution in [2.45, 2.75) is 25.8 Å². The molecule has 0 aliphatic carbocycles. The highest BCUT2D eigenvalue weighted by Gasteiger charge is 2.25. The number of hydrogen-bond acceptors (Lipinski definition) is 4. The number of benzene rings is 2. The fraction of sp³-hybridized carbons (Fsp3) is 0.200. The van der Waals surface area contributed by atoms with Crippen molar-refractivity contribution in [2.24, 2.45) is 0 Å². The molecule has 128 valence electrons. The molecule has 0 saturated heterocycles. The summed E-state index contributed by atoms with van der Waals surface area (Å²) in [5.41, 5.74) is 3.32. The second kappa shape index (κ2) is 6.45. The molecule has 1 atom stereocenters. The molecule has 1 N–H and O–H groups in total. The van der Waals surface area contributed by atoms with Crippen molar-refractivity contribution in [3.8, 4) is 6.07 Å². The van der Waals surface area contributed by atoms with Crippen LogP contribution in [0.25, 0.3) is 22.1 Å². The highest BCUT2D eigenvalue weighted by Crippen LogP contribution is 2.21. The Hall–Kier alpha value is -3.46. The van der Waals surface area contributed by atoms with E-state index < -0.39 is 5.92 Å². The Morgan fingerprint density at radius 2 is 1.88 bits per heavy atom. The van der Waals surface area contributed by atoms with Crippen molar-refractivity contribution >= 4 is 27.9 Å². The van der Waals surface area contributed by atoms with Gasteiger partial charge in [-0.25, -0.2) is 9.97 Å². The Morgan fingerprint density at radius 3 is 2.62 bits per heavy atom. The van der Waals surface area contributed by atoms with Gasteiger partial charge in [0.2, 0.25) is 0 Å². The molecule has 26 heavy (non-hydrogen) atoms. The van der Waals surface area contributed by atoms with Crippen molar-refractivity contribution < 1.29 is 4.79 Å². The molecule has 0 aliphatic rings. The highest BCUT2D eigenvalue weighted by atomic mass is 16.1. The summed E-state index contributed by atoms with van der Waals surface area (Å²) in [5.74, 6) is 0.0830. The smallest absolute Gasteiger partial charge is 0.177 e. The van der Waals surface area contributed by atoms with Crippen molar-refractivity contribution in [2.75, 3.05) is 0 Å². The molecule has 4 rings (SSSR count). The minimum Gasteiger partial charge on any atom is -0.340 e. The third-order valence-corrected chi connectivity index (χ3v) is 4.50. The van der Waals surface area contributed by atoms with Gasteiger partial charge in [0.25, 0.3) is 0 Å². The van der Waals surface area contributed by atoms with Gasteiger partial charge in [-0.05, 0) is 24.3 Å². The number of ketones is 1. The van der Waals surface area contributed by atoms with E-state index in [2.05, 4.69) is 21.0 Å². The van der Waals surface area contributed by atoms with Gasteiger partial charge in [0.1, 0.15) is 11.6 Å². The summed E-state index contributed by atoms with van der Waals surface area (Å²) >= 11 is 0. The maximum Gasteiger partial charge on any atom is 0.177 e. The van der Waals surface area contributed by atoms with Gasteiger partial charge in [0.05, 0.1) is 34.7 Å². The van der Waals surface area contributed by atoms with E-state index in [1.807, 2.05) is 60.0 Å². The molecule has 0 fully saturated rings. The summed E-state index contributed by atoms with van der Waals surface area (Å²) in [4.78, 5) is 25.0. The van der Waals surface area contributed by atoms with Gasteiger partial charge < -0.3 is 9.55 Å². The predicted molar refractivity (Wildman–Crippen MR) is 98.6 cm³/mol. The first-order chi connectivity index (χ1) is 12.7. The number of nitrogens with one attached hydrogen (secondary N) is 1. The topological polar surface area (TPSA) is 87.4 Å². The molecule has 0 bridgehead atoms. The first kappa shape index (κ1) is 16.0. The average Bonchev–Trinajstić information content (AvgIpc) is 3.24. The number of aryl methyl sites for hydroxylation is 1. The number of fused-ring (bicyclic) bond motifs is 2. The van der Waals surface area contributed by atoms with Crippen LogP contribution in [0.5, 0.6) is 0 Å². The van der Waals surface area contributed by atoms with E-state index in [-0.39, 0.29) is 12.3 Å². The van der Waals surface area contributed by atoms with Gasteiger partial charge in [0, 0.05) is 6.42 Å². The van der Waals surface area contributed by atoms with Crippen LogP contribution in [-0.2, 0) is 17.8 Å². The summed E-state index contributed by atoms with van der Waals surface area (Å²) in [6, 6.07) is 17.3. The van der Waals surface area contributed by atoms with Gasteiger partial charge in [-0.2, -0.15) is 5.26 Å². The van der Waals surface area contributed by atoms with Gasteiger partial charge in [-0.3, -0.25) is 4.79 Å².